The van der Waals surface area contributed by atoms with E-state index in [2.05, 4.69) is 4.98 Å². The molecule has 4 nitrogen and oxygen atoms in total. The van der Waals surface area contributed by atoms with Gasteiger partial charge >= 0.3 is 6.18 Å². The van der Waals surface area contributed by atoms with Gasteiger partial charge in [0.05, 0.1) is 23.4 Å². The molecule has 1 aromatic carbocycles. The molecule has 0 aliphatic rings. The molecular formula is C17H13F3N2O2. The highest BCUT2D eigenvalue weighted by molar-refractivity contribution is 5.88. The minimum atomic E-state index is -4.48. The zero-order valence-corrected chi connectivity index (χ0v) is 12.6. The Bertz CT molecular complexity index is 791. The number of nitriles is 1. The van der Waals surface area contributed by atoms with Crippen LogP contribution in [0.25, 0.3) is 11.6 Å². The van der Waals surface area contributed by atoms with Crippen LogP contribution in [0, 0.1) is 11.3 Å². The molecule has 2 aromatic rings. The van der Waals surface area contributed by atoms with E-state index in [4.69, 9.17) is 4.74 Å². The van der Waals surface area contributed by atoms with Gasteiger partial charge in [0.25, 0.3) is 0 Å². The van der Waals surface area contributed by atoms with Crippen LogP contribution in [0.2, 0.25) is 0 Å². The summed E-state index contributed by atoms with van der Waals surface area (Å²) < 4.78 is 42.9. The summed E-state index contributed by atoms with van der Waals surface area (Å²) >= 11 is 0. The molecule has 0 amide bonds. The van der Waals surface area contributed by atoms with E-state index in [1.165, 1.54) is 18.2 Å². The number of allylic oxidation sites excluding steroid dienone is 1. The predicted octanol–water partition coefficient (Wildman–Crippen LogP) is 4.27. The van der Waals surface area contributed by atoms with Gasteiger partial charge in [-0.25, -0.2) is 0 Å². The maximum atomic E-state index is 12.5. The number of phenols is 1. The minimum absolute atomic E-state index is 0.0415. The lowest BCUT2D eigenvalue weighted by atomic mass is 10.1. The number of aromatic nitrogens is 1. The van der Waals surface area contributed by atoms with E-state index in [1.54, 1.807) is 13.0 Å². The van der Waals surface area contributed by atoms with Crippen LogP contribution in [-0.2, 0) is 6.18 Å². The van der Waals surface area contributed by atoms with Gasteiger partial charge in [-0.15, -0.1) is 0 Å². The van der Waals surface area contributed by atoms with Gasteiger partial charge in [0.1, 0.15) is 6.07 Å². The molecule has 0 aliphatic carbocycles. The highest BCUT2D eigenvalue weighted by atomic mass is 19.4. The Morgan fingerprint density at radius 3 is 2.62 bits per heavy atom. The first-order valence-electron chi connectivity index (χ1n) is 6.96. The number of ether oxygens (including phenoxy) is 1. The van der Waals surface area contributed by atoms with Crippen LogP contribution in [0.1, 0.15) is 23.7 Å². The molecule has 1 N–H and O–H groups in total. The number of halogens is 3. The highest BCUT2D eigenvalue weighted by Gasteiger charge is 2.30. The summed E-state index contributed by atoms with van der Waals surface area (Å²) in [4.78, 5) is 3.70. The lowest BCUT2D eigenvalue weighted by molar-refractivity contribution is -0.137. The molecule has 0 saturated carbocycles. The van der Waals surface area contributed by atoms with Gasteiger partial charge in [0, 0.05) is 6.20 Å². The topological polar surface area (TPSA) is 66.1 Å². The first kappa shape index (κ1) is 17.3. The fraction of sp³-hybridized carbons (Fsp3) is 0.176. The average Bonchev–Trinajstić information content (AvgIpc) is 2.55. The second kappa shape index (κ2) is 7.04. The van der Waals surface area contributed by atoms with E-state index in [0.717, 1.165) is 12.1 Å². The number of hydrogen-bond donors (Lipinski definition) is 1. The second-order valence-electron chi connectivity index (χ2n) is 4.76. The lowest BCUT2D eigenvalue weighted by Gasteiger charge is -2.08. The molecule has 0 aliphatic heterocycles. The number of hydrogen-bond acceptors (Lipinski definition) is 4. The molecule has 1 heterocycles. The molecule has 7 heteroatoms. The highest BCUT2D eigenvalue weighted by Crippen LogP contribution is 2.30. The summed E-state index contributed by atoms with van der Waals surface area (Å²) in [6.45, 7) is 2.11. The van der Waals surface area contributed by atoms with Crippen molar-refractivity contribution >= 4 is 11.6 Å². The maximum Gasteiger partial charge on any atom is 0.417 e. The summed E-state index contributed by atoms with van der Waals surface area (Å²) in [5.74, 6) is 0.212. The van der Waals surface area contributed by atoms with Gasteiger partial charge in [0.15, 0.2) is 11.5 Å². The third-order valence-corrected chi connectivity index (χ3v) is 3.08. The third-order valence-electron chi connectivity index (χ3n) is 3.08. The fourth-order valence-electron chi connectivity index (χ4n) is 1.94. The molecule has 0 fully saturated rings. The van der Waals surface area contributed by atoms with Gasteiger partial charge in [-0.2, -0.15) is 18.4 Å². The normalized spacial score (nSPS) is 11.9. The molecule has 0 bridgehead atoms. The van der Waals surface area contributed by atoms with Crippen LogP contribution in [0.3, 0.4) is 0 Å². The monoisotopic (exact) mass is 334 g/mol. The molecule has 1 aromatic heterocycles. The van der Waals surface area contributed by atoms with E-state index in [1.807, 2.05) is 6.07 Å². The molecule has 24 heavy (non-hydrogen) atoms. The number of rotatable bonds is 4. The fourth-order valence-corrected chi connectivity index (χ4v) is 1.94. The first-order valence-corrected chi connectivity index (χ1v) is 6.96. The van der Waals surface area contributed by atoms with Gasteiger partial charge < -0.3 is 9.84 Å². The van der Waals surface area contributed by atoms with Crippen molar-refractivity contribution in [1.82, 2.24) is 4.98 Å². The van der Waals surface area contributed by atoms with Gasteiger partial charge in [-0.1, -0.05) is 6.07 Å². The number of nitrogens with zero attached hydrogens (tertiary/aromatic N) is 2. The van der Waals surface area contributed by atoms with Crippen molar-refractivity contribution in [2.75, 3.05) is 6.61 Å². The molecule has 0 atom stereocenters. The molecular weight excluding hydrogens is 321 g/mol. The van der Waals surface area contributed by atoms with Crippen molar-refractivity contribution in [2.45, 2.75) is 13.1 Å². The number of alkyl halides is 3. The summed E-state index contributed by atoms with van der Waals surface area (Å²) in [7, 11) is 0. The average molecular weight is 334 g/mol. The van der Waals surface area contributed by atoms with Crippen LogP contribution in [-0.4, -0.2) is 16.7 Å². The maximum absolute atomic E-state index is 12.5. The van der Waals surface area contributed by atoms with Crippen LogP contribution < -0.4 is 4.74 Å². The predicted molar refractivity (Wildman–Crippen MR) is 82.0 cm³/mol. The van der Waals surface area contributed by atoms with Crippen LogP contribution in [0.15, 0.2) is 36.5 Å². The molecule has 0 saturated heterocycles. The molecule has 124 valence electrons. The SMILES string of the molecule is CCOc1cc(/C=C(\C#N)c2ccc(C(F)(F)F)cn2)ccc1O. The zero-order chi connectivity index (χ0) is 17.7. The zero-order valence-electron chi connectivity index (χ0n) is 12.6. The summed E-state index contributed by atoms with van der Waals surface area (Å²) in [6, 6.07) is 8.41. The molecule has 0 radical (unpaired) electrons. The van der Waals surface area contributed by atoms with Gasteiger partial charge in [0.2, 0.25) is 0 Å². The molecule has 2 rings (SSSR count). The largest absolute Gasteiger partial charge is 0.504 e. The third kappa shape index (κ3) is 4.04. The second-order valence-corrected chi connectivity index (χ2v) is 4.76. The Kier molecular flexibility index (Phi) is 5.09. The summed E-state index contributed by atoms with van der Waals surface area (Å²) in [6.07, 6.45) is -2.34. The molecule has 0 spiro atoms. The van der Waals surface area contributed by atoms with E-state index >= 15 is 0 Å². The minimum Gasteiger partial charge on any atom is -0.504 e. The Balaban J connectivity index is 2.36. The first-order chi connectivity index (χ1) is 11.3. The standard InChI is InChI=1S/C17H13F3N2O2/c1-2-24-16-8-11(3-6-15(16)23)7-12(9-21)14-5-4-13(10-22-14)17(18,19)20/h3-8,10,23H,2H2,1H3/b12-7+. The number of pyridine rings is 1. The Hall–Kier alpha value is -3.01. The van der Waals surface area contributed by atoms with Crippen LogP contribution in [0.4, 0.5) is 13.2 Å². The Morgan fingerprint density at radius 2 is 2.08 bits per heavy atom. The van der Waals surface area contributed by atoms with E-state index in [-0.39, 0.29) is 22.8 Å². The lowest BCUT2D eigenvalue weighted by Crippen LogP contribution is -2.05. The van der Waals surface area contributed by atoms with Crippen molar-refractivity contribution in [1.29, 1.82) is 5.26 Å². The van der Waals surface area contributed by atoms with Crippen molar-refractivity contribution in [3.8, 4) is 17.6 Å². The smallest absolute Gasteiger partial charge is 0.417 e. The molecule has 0 unspecified atom stereocenters. The number of phenolic OH excluding ortho intramolecular Hbond substituents is 1. The van der Waals surface area contributed by atoms with E-state index < -0.39 is 11.7 Å². The summed E-state index contributed by atoms with van der Waals surface area (Å²) in [5, 5.41) is 18.9. The van der Waals surface area contributed by atoms with E-state index in [0.29, 0.717) is 18.4 Å². The van der Waals surface area contributed by atoms with Crippen LogP contribution in [0.5, 0.6) is 11.5 Å². The van der Waals surface area contributed by atoms with Gasteiger partial charge in [-0.05, 0) is 42.8 Å². The summed E-state index contributed by atoms with van der Waals surface area (Å²) in [5.41, 5.74) is -0.116. The Labute approximate surface area is 136 Å². The number of aromatic hydroxyl groups is 1. The van der Waals surface area contributed by atoms with Crippen molar-refractivity contribution in [2.24, 2.45) is 0 Å². The Morgan fingerprint density at radius 1 is 1.33 bits per heavy atom. The van der Waals surface area contributed by atoms with Crippen LogP contribution >= 0.6 is 0 Å². The van der Waals surface area contributed by atoms with Gasteiger partial charge in [-0.3, -0.25) is 4.98 Å². The number of benzene rings is 1. The quantitative estimate of drug-likeness (QED) is 0.848. The van der Waals surface area contributed by atoms with Crippen molar-refractivity contribution in [3.05, 3.63) is 53.3 Å². The van der Waals surface area contributed by atoms with Crippen molar-refractivity contribution in [3.63, 3.8) is 0 Å². The van der Waals surface area contributed by atoms with Crippen molar-refractivity contribution < 1.29 is 23.0 Å². The van der Waals surface area contributed by atoms with E-state index in [9.17, 15) is 23.5 Å².